The van der Waals surface area contributed by atoms with Crippen molar-refractivity contribution in [3.8, 4) is 5.88 Å². The van der Waals surface area contributed by atoms with Crippen LogP contribution in [0.15, 0.2) is 36.2 Å². The number of aryl methyl sites for hydroxylation is 1. The first-order chi connectivity index (χ1) is 15.4. The van der Waals surface area contributed by atoms with Gasteiger partial charge < -0.3 is 4.74 Å². The van der Waals surface area contributed by atoms with Crippen molar-refractivity contribution < 1.29 is 23.2 Å². The maximum atomic E-state index is 13.0. The molecule has 3 aromatic heterocycles. The average molecular weight is 478 g/mol. The standard InChI is InChI=1S/C20H23N5O5S2/c1-13-10-31-18-17(13)22-12-23-20(18)30-15-4-7-25(8-5-15)32(28,29)11-16(19(26)24-27)14-3-2-6-21-9-14/h2-3,6,9-10,12,15-16,27H,4-5,7-8,11H2,1H3,(H,24,26)/t16-/m1/s1. The molecule has 0 aromatic carbocycles. The number of thiophene rings is 1. The van der Waals surface area contributed by atoms with Crippen LogP contribution in [0, 0.1) is 6.92 Å². The summed E-state index contributed by atoms with van der Waals surface area (Å²) in [5, 5.41) is 11.1. The van der Waals surface area contributed by atoms with E-state index in [4.69, 9.17) is 9.94 Å². The molecule has 12 heteroatoms. The predicted molar refractivity (Wildman–Crippen MR) is 118 cm³/mol. The molecular weight excluding hydrogens is 454 g/mol. The lowest BCUT2D eigenvalue weighted by molar-refractivity contribution is -0.130. The van der Waals surface area contributed by atoms with Gasteiger partial charge in [0, 0.05) is 25.5 Å². The molecule has 1 aliphatic heterocycles. The number of hydrogen-bond donors (Lipinski definition) is 2. The van der Waals surface area contributed by atoms with E-state index in [0.717, 1.165) is 15.8 Å². The minimum Gasteiger partial charge on any atom is -0.473 e. The second kappa shape index (κ2) is 9.45. The van der Waals surface area contributed by atoms with Crippen molar-refractivity contribution in [2.75, 3.05) is 18.8 Å². The van der Waals surface area contributed by atoms with Crippen LogP contribution in [-0.4, -0.2) is 63.7 Å². The van der Waals surface area contributed by atoms with Gasteiger partial charge in [0.15, 0.2) is 0 Å². The fraction of sp³-hybridized carbons (Fsp3) is 0.400. The van der Waals surface area contributed by atoms with Crippen molar-refractivity contribution in [1.29, 1.82) is 0 Å². The Morgan fingerprint density at radius 1 is 1.38 bits per heavy atom. The third-order valence-electron chi connectivity index (χ3n) is 5.46. The van der Waals surface area contributed by atoms with E-state index in [1.54, 1.807) is 17.6 Å². The van der Waals surface area contributed by atoms with Crippen molar-refractivity contribution in [1.82, 2.24) is 24.7 Å². The normalized spacial score (nSPS) is 16.7. The van der Waals surface area contributed by atoms with Crippen LogP contribution in [0.2, 0.25) is 0 Å². The summed E-state index contributed by atoms with van der Waals surface area (Å²) in [6.07, 6.45) is 5.25. The molecule has 1 amide bonds. The first-order valence-electron chi connectivity index (χ1n) is 10.1. The van der Waals surface area contributed by atoms with Crippen molar-refractivity contribution in [3.63, 3.8) is 0 Å². The number of piperidine rings is 1. The third-order valence-corrected chi connectivity index (χ3v) is 8.44. The number of pyridine rings is 1. The summed E-state index contributed by atoms with van der Waals surface area (Å²) in [6, 6.07) is 3.22. The zero-order valence-electron chi connectivity index (χ0n) is 17.3. The molecule has 0 radical (unpaired) electrons. The molecule has 32 heavy (non-hydrogen) atoms. The second-order valence-electron chi connectivity index (χ2n) is 7.59. The monoisotopic (exact) mass is 477 g/mol. The zero-order valence-corrected chi connectivity index (χ0v) is 19.0. The van der Waals surface area contributed by atoms with Crippen LogP contribution in [-0.2, 0) is 14.8 Å². The van der Waals surface area contributed by atoms with E-state index in [1.807, 2.05) is 12.3 Å². The Bertz CT molecular complexity index is 1190. The maximum absolute atomic E-state index is 13.0. The number of aromatic nitrogens is 3. The lowest BCUT2D eigenvalue weighted by Crippen LogP contribution is -2.44. The number of sulfonamides is 1. The molecular formula is C20H23N5O5S2. The van der Waals surface area contributed by atoms with E-state index in [1.165, 1.54) is 34.4 Å². The molecule has 0 aliphatic carbocycles. The van der Waals surface area contributed by atoms with Gasteiger partial charge in [0.05, 0.1) is 17.2 Å². The molecule has 3 aromatic rings. The fourth-order valence-corrected chi connectivity index (χ4v) is 6.39. The van der Waals surface area contributed by atoms with Crippen molar-refractivity contribution >= 4 is 37.5 Å². The van der Waals surface area contributed by atoms with Gasteiger partial charge in [0.25, 0.3) is 5.91 Å². The fourth-order valence-electron chi connectivity index (χ4n) is 3.72. The molecule has 4 heterocycles. The van der Waals surface area contributed by atoms with Crippen LogP contribution in [0.5, 0.6) is 5.88 Å². The molecule has 1 saturated heterocycles. The maximum Gasteiger partial charge on any atom is 0.252 e. The Labute approximate surface area is 189 Å². The highest BCUT2D eigenvalue weighted by molar-refractivity contribution is 7.89. The molecule has 4 rings (SSSR count). The second-order valence-corrected chi connectivity index (χ2v) is 10.5. The molecule has 0 bridgehead atoms. The Hall–Kier alpha value is -2.67. The van der Waals surface area contributed by atoms with Gasteiger partial charge >= 0.3 is 0 Å². The van der Waals surface area contributed by atoms with Crippen molar-refractivity contribution in [2.45, 2.75) is 31.8 Å². The highest BCUT2D eigenvalue weighted by Crippen LogP contribution is 2.32. The largest absolute Gasteiger partial charge is 0.473 e. The average Bonchev–Trinajstić information content (AvgIpc) is 3.20. The quantitative estimate of drug-likeness (QED) is 0.389. The first kappa shape index (κ1) is 22.5. The SMILES string of the molecule is Cc1csc2c(OC3CCN(S(=O)(=O)C[C@@H](C(=O)NO)c4cccnc4)CC3)ncnc12. The topological polar surface area (TPSA) is 135 Å². The molecule has 1 atom stereocenters. The Kier molecular flexibility index (Phi) is 6.65. The highest BCUT2D eigenvalue weighted by Gasteiger charge is 2.34. The van der Waals surface area contributed by atoms with Crippen LogP contribution in [0.25, 0.3) is 10.2 Å². The summed E-state index contributed by atoms with van der Waals surface area (Å²) in [6.45, 7) is 2.52. The van der Waals surface area contributed by atoms with Crippen LogP contribution in [0.1, 0.15) is 29.9 Å². The predicted octanol–water partition coefficient (Wildman–Crippen LogP) is 1.86. The summed E-state index contributed by atoms with van der Waals surface area (Å²) in [4.78, 5) is 24.6. The number of fused-ring (bicyclic) bond motifs is 1. The lowest BCUT2D eigenvalue weighted by Gasteiger charge is -2.32. The lowest BCUT2D eigenvalue weighted by atomic mass is 10.0. The Morgan fingerprint density at radius 2 is 2.16 bits per heavy atom. The number of nitrogens with one attached hydrogen (secondary N) is 1. The molecule has 0 spiro atoms. The van der Waals surface area contributed by atoms with Gasteiger partial charge in [-0.25, -0.2) is 28.2 Å². The summed E-state index contributed by atoms with van der Waals surface area (Å²) in [5.41, 5.74) is 3.90. The Balaban J connectivity index is 1.42. The number of nitrogens with zero attached hydrogens (tertiary/aromatic N) is 4. The number of hydroxylamine groups is 1. The number of hydrogen-bond acceptors (Lipinski definition) is 9. The summed E-state index contributed by atoms with van der Waals surface area (Å²) < 4.78 is 34.4. The van der Waals surface area contributed by atoms with E-state index < -0.39 is 27.6 Å². The summed E-state index contributed by atoms with van der Waals surface area (Å²) in [5.74, 6) is -1.80. The van der Waals surface area contributed by atoms with E-state index >= 15 is 0 Å². The van der Waals surface area contributed by atoms with Crippen molar-refractivity contribution in [2.24, 2.45) is 0 Å². The summed E-state index contributed by atoms with van der Waals surface area (Å²) >= 11 is 1.52. The van der Waals surface area contributed by atoms with Crippen LogP contribution >= 0.6 is 11.3 Å². The molecule has 0 saturated carbocycles. The van der Waals surface area contributed by atoms with Crippen molar-refractivity contribution in [3.05, 3.63) is 47.4 Å². The van der Waals surface area contributed by atoms with Gasteiger partial charge in [-0.1, -0.05) is 6.07 Å². The molecule has 10 nitrogen and oxygen atoms in total. The van der Waals surface area contributed by atoms with Gasteiger partial charge in [-0.05, 0) is 42.3 Å². The molecule has 170 valence electrons. The third kappa shape index (κ3) is 4.72. The molecule has 0 unspecified atom stereocenters. The molecule has 1 fully saturated rings. The van der Waals surface area contributed by atoms with Crippen LogP contribution < -0.4 is 10.2 Å². The Morgan fingerprint density at radius 3 is 2.84 bits per heavy atom. The number of carbonyl (C=O) groups excluding carboxylic acids is 1. The van der Waals surface area contributed by atoms with Gasteiger partial charge in [-0.2, -0.15) is 0 Å². The summed E-state index contributed by atoms with van der Waals surface area (Å²) in [7, 11) is -3.76. The number of ether oxygens (including phenoxy) is 1. The van der Waals surface area contributed by atoms with Gasteiger partial charge in [0.2, 0.25) is 15.9 Å². The highest BCUT2D eigenvalue weighted by atomic mass is 32.2. The van der Waals surface area contributed by atoms with Gasteiger partial charge in [-0.3, -0.25) is 15.0 Å². The molecule has 2 N–H and O–H groups in total. The van der Waals surface area contributed by atoms with E-state index in [2.05, 4.69) is 15.0 Å². The van der Waals surface area contributed by atoms with Crippen LogP contribution in [0.3, 0.4) is 0 Å². The van der Waals surface area contributed by atoms with Crippen LogP contribution in [0.4, 0.5) is 0 Å². The number of amides is 1. The van der Waals surface area contributed by atoms with E-state index in [9.17, 15) is 13.2 Å². The minimum absolute atomic E-state index is 0.170. The van der Waals surface area contributed by atoms with E-state index in [-0.39, 0.29) is 19.2 Å². The van der Waals surface area contributed by atoms with E-state index in [0.29, 0.717) is 24.3 Å². The minimum atomic E-state index is -3.76. The molecule has 1 aliphatic rings. The van der Waals surface area contributed by atoms with Gasteiger partial charge in [-0.15, -0.1) is 11.3 Å². The first-order valence-corrected chi connectivity index (χ1v) is 12.5. The number of rotatable bonds is 7. The number of carbonyl (C=O) groups is 1. The zero-order chi connectivity index (χ0) is 22.7. The van der Waals surface area contributed by atoms with Gasteiger partial charge in [0.1, 0.15) is 17.1 Å². The smallest absolute Gasteiger partial charge is 0.252 e.